The molecule has 1 N–H and O–H groups in total. The lowest BCUT2D eigenvalue weighted by Gasteiger charge is -2.06. The molecule has 3 nitrogen and oxygen atoms in total. The molecule has 2 rings (SSSR count). The minimum atomic E-state index is -0.302. The van der Waals surface area contributed by atoms with Gasteiger partial charge in [-0.1, -0.05) is 46.9 Å². The molecule has 1 heterocycles. The second-order valence-corrected chi connectivity index (χ2v) is 5.08. The number of halogens is 4. The van der Waals surface area contributed by atoms with Crippen molar-refractivity contribution in [3.8, 4) is 0 Å². The summed E-state index contributed by atoms with van der Waals surface area (Å²) in [4.78, 5) is 3.98. The maximum Gasteiger partial charge on any atom is 0.166 e. The van der Waals surface area contributed by atoms with Crippen molar-refractivity contribution in [3.05, 3.63) is 56.9 Å². The minimum Gasteiger partial charge on any atom is -0.260 e. The predicted octanol–water partition coefficient (Wildman–Crippen LogP) is 5.02. The molecule has 0 aliphatic heterocycles. The molecule has 104 valence electrons. The molecule has 2 aromatic rings. The quantitative estimate of drug-likeness (QED) is 0.487. The molecule has 0 amide bonds. The smallest absolute Gasteiger partial charge is 0.166 e. The molecule has 20 heavy (non-hydrogen) atoms. The highest BCUT2D eigenvalue weighted by atomic mass is 35.5. The molecule has 0 fully saturated rings. The lowest BCUT2D eigenvalue weighted by Crippen LogP contribution is -2.01. The molecule has 0 aliphatic rings. The molecule has 0 saturated heterocycles. The zero-order valence-electron chi connectivity index (χ0n) is 10.3. The third-order valence-corrected chi connectivity index (χ3v) is 3.44. The van der Waals surface area contributed by atoms with Gasteiger partial charge in [0.1, 0.15) is 11.0 Å². The van der Waals surface area contributed by atoms with E-state index in [9.17, 15) is 4.39 Å². The van der Waals surface area contributed by atoms with Gasteiger partial charge in [0.25, 0.3) is 0 Å². The van der Waals surface area contributed by atoms with Gasteiger partial charge in [-0.2, -0.15) is 5.10 Å². The van der Waals surface area contributed by atoms with E-state index in [1.807, 2.05) is 0 Å². The molecule has 7 heteroatoms. The van der Waals surface area contributed by atoms with Crippen LogP contribution in [0.4, 0.5) is 10.2 Å². The Bertz CT molecular complexity index is 657. The highest BCUT2D eigenvalue weighted by Gasteiger charge is 2.07. The van der Waals surface area contributed by atoms with Crippen LogP contribution in [-0.4, -0.2) is 10.7 Å². The Morgan fingerprint density at radius 3 is 2.45 bits per heavy atom. The molecular formula is C13H9Cl3FN3. The molecular weight excluding hydrogens is 324 g/mol. The minimum absolute atomic E-state index is 0.133. The zero-order valence-corrected chi connectivity index (χ0v) is 12.6. The van der Waals surface area contributed by atoms with Crippen LogP contribution in [0.1, 0.15) is 12.5 Å². The number of aromatic nitrogens is 1. The maximum atomic E-state index is 12.8. The third kappa shape index (κ3) is 3.60. The normalized spacial score (nSPS) is 11.6. The number of hydrazone groups is 1. The van der Waals surface area contributed by atoms with Gasteiger partial charge in [0, 0.05) is 0 Å². The van der Waals surface area contributed by atoms with E-state index in [0.717, 1.165) is 5.56 Å². The van der Waals surface area contributed by atoms with Crippen LogP contribution in [-0.2, 0) is 0 Å². The number of nitrogens with zero attached hydrogens (tertiary/aromatic N) is 2. The average molecular weight is 333 g/mol. The van der Waals surface area contributed by atoms with Crippen molar-refractivity contribution >= 4 is 46.3 Å². The highest BCUT2D eigenvalue weighted by molar-refractivity contribution is 6.42. The number of hydrogen-bond donors (Lipinski definition) is 1. The predicted molar refractivity (Wildman–Crippen MR) is 81.5 cm³/mol. The van der Waals surface area contributed by atoms with Crippen molar-refractivity contribution in [2.75, 3.05) is 5.43 Å². The van der Waals surface area contributed by atoms with E-state index in [1.165, 1.54) is 18.2 Å². The molecule has 0 atom stereocenters. The first-order chi connectivity index (χ1) is 9.47. The fourth-order valence-corrected chi connectivity index (χ4v) is 1.95. The van der Waals surface area contributed by atoms with Gasteiger partial charge in [0.2, 0.25) is 0 Å². The van der Waals surface area contributed by atoms with Crippen molar-refractivity contribution in [2.24, 2.45) is 5.10 Å². The molecule has 1 aromatic heterocycles. The zero-order chi connectivity index (χ0) is 14.7. The number of nitrogens with one attached hydrogen (secondary N) is 1. The van der Waals surface area contributed by atoms with Crippen molar-refractivity contribution in [1.82, 2.24) is 4.98 Å². The van der Waals surface area contributed by atoms with Crippen LogP contribution in [0.2, 0.25) is 15.2 Å². The fraction of sp³-hybridized carbons (Fsp3) is 0.0769. The Kier molecular flexibility index (Phi) is 4.81. The summed E-state index contributed by atoms with van der Waals surface area (Å²) < 4.78 is 12.8. The second kappa shape index (κ2) is 6.39. The van der Waals surface area contributed by atoms with Gasteiger partial charge < -0.3 is 0 Å². The lowest BCUT2D eigenvalue weighted by atomic mass is 10.1. The number of pyridine rings is 1. The Labute approximate surface area is 130 Å². The summed E-state index contributed by atoms with van der Waals surface area (Å²) in [5.74, 6) is -0.00812. The summed E-state index contributed by atoms with van der Waals surface area (Å²) in [5, 5.41) is 4.82. The van der Waals surface area contributed by atoms with Crippen LogP contribution in [0.3, 0.4) is 0 Å². The average Bonchev–Trinajstić information content (AvgIpc) is 2.42. The van der Waals surface area contributed by atoms with E-state index in [4.69, 9.17) is 34.8 Å². The maximum absolute atomic E-state index is 12.8. The van der Waals surface area contributed by atoms with Crippen molar-refractivity contribution < 1.29 is 4.39 Å². The Hall–Kier alpha value is -1.36. The van der Waals surface area contributed by atoms with E-state index in [-0.39, 0.29) is 16.0 Å². The Morgan fingerprint density at radius 2 is 1.80 bits per heavy atom. The summed E-state index contributed by atoms with van der Waals surface area (Å²) >= 11 is 17.5. The van der Waals surface area contributed by atoms with Gasteiger partial charge in [0.15, 0.2) is 5.82 Å². The summed E-state index contributed by atoms with van der Waals surface area (Å²) in [6, 6.07) is 7.44. The number of anilines is 1. The second-order valence-electron chi connectivity index (χ2n) is 3.91. The first kappa shape index (κ1) is 15.0. The van der Waals surface area contributed by atoms with Crippen LogP contribution < -0.4 is 5.43 Å². The van der Waals surface area contributed by atoms with E-state index < -0.39 is 0 Å². The van der Waals surface area contributed by atoms with Gasteiger partial charge in [-0.25, -0.2) is 9.37 Å². The van der Waals surface area contributed by atoms with Crippen LogP contribution >= 0.6 is 34.8 Å². The molecule has 0 unspecified atom stereocenters. The van der Waals surface area contributed by atoms with Crippen LogP contribution in [0.15, 0.2) is 35.4 Å². The molecule has 0 aliphatic carbocycles. The van der Waals surface area contributed by atoms with Crippen LogP contribution in [0.5, 0.6) is 0 Å². The van der Waals surface area contributed by atoms with E-state index in [1.54, 1.807) is 19.1 Å². The Morgan fingerprint density at radius 1 is 1.15 bits per heavy atom. The summed E-state index contributed by atoms with van der Waals surface area (Å²) in [6.07, 6.45) is 0. The van der Waals surface area contributed by atoms with Crippen molar-refractivity contribution in [2.45, 2.75) is 6.92 Å². The summed E-state index contributed by atoms with van der Waals surface area (Å²) in [7, 11) is 0. The van der Waals surface area contributed by atoms with Crippen molar-refractivity contribution in [3.63, 3.8) is 0 Å². The summed E-state index contributed by atoms with van der Waals surface area (Å²) in [5.41, 5.74) is 4.12. The number of rotatable bonds is 3. The molecule has 0 radical (unpaired) electrons. The lowest BCUT2D eigenvalue weighted by molar-refractivity contribution is 0.628. The van der Waals surface area contributed by atoms with Crippen LogP contribution in [0.25, 0.3) is 0 Å². The first-order valence-electron chi connectivity index (χ1n) is 5.55. The topological polar surface area (TPSA) is 37.3 Å². The van der Waals surface area contributed by atoms with Crippen molar-refractivity contribution in [1.29, 1.82) is 0 Å². The van der Waals surface area contributed by atoms with Gasteiger partial charge in [-0.15, -0.1) is 0 Å². The standard InChI is InChI=1S/C13H9Cl3FN3/c1-7(8-2-4-9(17)5-3-8)19-20-13-11(15)6-10(14)12(16)18-13/h2-6H,1H3,(H,18,20). The molecule has 1 aromatic carbocycles. The largest absolute Gasteiger partial charge is 0.260 e. The van der Waals surface area contributed by atoms with E-state index in [2.05, 4.69) is 15.5 Å². The van der Waals surface area contributed by atoms with Gasteiger partial charge in [-0.3, -0.25) is 5.43 Å². The molecule has 0 spiro atoms. The van der Waals surface area contributed by atoms with Gasteiger partial charge in [-0.05, 0) is 30.7 Å². The highest BCUT2D eigenvalue weighted by Crippen LogP contribution is 2.28. The number of hydrogen-bond acceptors (Lipinski definition) is 3. The monoisotopic (exact) mass is 331 g/mol. The van der Waals surface area contributed by atoms with E-state index >= 15 is 0 Å². The third-order valence-electron chi connectivity index (χ3n) is 2.48. The number of benzene rings is 1. The van der Waals surface area contributed by atoms with E-state index in [0.29, 0.717) is 16.6 Å². The molecule has 0 saturated carbocycles. The molecule has 0 bridgehead atoms. The Balaban J connectivity index is 2.20. The fourth-order valence-electron chi connectivity index (χ4n) is 1.41. The summed E-state index contributed by atoms with van der Waals surface area (Å²) in [6.45, 7) is 1.77. The van der Waals surface area contributed by atoms with Crippen LogP contribution in [0, 0.1) is 5.82 Å². The van der Waals surface area contributed by atoms with Gasteiger partial charge >= 0.3 is 0 Å². The first-order valence-corrected chi connectivity index (χ1v) is 6.68. The van der Waals surface area contributed by atoms with Gasteiger partial charge in [0.05, 0.1) is 15.8 Å². The SMILES string of the molecule is CC(=NNc1nc(Cl)c(Cl)cc1Cl)c1ccc(F)cc1.